The monoisotopic (exact) mass is 475 g/mol. The fourth-order valence-electron chi connectivity index (χ4n) is 4.04. The van der Waals surface area contributed by atoms with Crippen molar-refractivity contribution in [2.24, 2.45) is 5.73 Å². The van der Waals surface area contributed by atoms with Gasteiger partial charge in [0.2, 0.25) is 11.8 Å². The Morgan fingerprint density at radius 1 is 0.943 bits per heavy atom. The molecule has 1 aliphatic heterocycles. The average Bonchev–Trinajstić information content (AvgIpc) is 3.59. The molecule has 1 aliphatic rings. The van der Waals surface area contributed by atoms with Crippen molar-refractivity contribution in [3.63, 3.8) is 0 Å². The summed E-state index contributed by atoms with van der Waals surface area (Å²) in [5, 5.41) is 5.71. The normalized spacial score (nSPS) is 14.4. The molecule has 8 heteroatoms. The highest BCUT2D eigenvalue weighted by Crippen LogP contribution is 2.24. The second-order valence-corrected chi connectivity index (χ2v) is 8.74. The molecular weight excluding hydrogens is 442 g/mol. The summed E-state index contributed by atoms with van der Waals surface area (Å²) in [5.74, 6) is 0.990. The quantitative estimate of drug-likeness (QED) is 0.394. The van der Waals surface area contributed by atoms with E-state index in [9.17, 15) is 9.59 Å². The van der Waals surface area contributed by atoms with Crippen molar-refractivity contribution < 1.29 is 14.3 Å². The number of rotatable bonds is 11. The van der Waals surface area contributed by atoms with Gasteiger partial charge in [-0.1, -0.05) is 0 Å². The van der Waals surface area contributed by atoms with Crippen LogP contribution in [0.25, 0.3) is 5.69 Å². The number of nitrogens with two attached hydrogens (primary N) is 1. The van der Waals surface area contributed by atoms with E-state index in [0.717, 1.165) is 31.1 Å². The molecule has 2 amide bonds. The standard InChI is InChI=1S/C27H33N5O3/c28-25(13-14-26(33)29-15-20-31-16-1-2-17-31)27(34)30-21-5-9-23(10-6-21)35-24-11-7-22(8-12-24)32-18-3-4-19-32/h3-12,18-19,25H,1-2,13-17,20,28H2,(H,29,33)(H,30,34)/t25-/m0/s1. The molecule has 184 valence electrons. The zero-order chi connectivity index (χ0) is 24.5. The van der Waals surface area contributed by atoms with Crippen LogP contribution in [-0.4, -0.2) is 53.5 Å². The topological polar surface area (TPSA) is 102 Å². The summed E-state index contributed by atoms with van der Waals surface area (Å²) in [5.41, 5.74) is 7.67. The number of hydrogen-bond acceptors (Lipinski definition) is 5. The number of anilines is 1. The molecule has 4 N–H and O–H groups in total. The lowest BCUT2D eigenvalue weighted by atomic mass is 10.1. The smallest absolute Gasteiger partial charge is 0.241 e. The molecule has 8 nitrogen and oxygen atoms in total. The van der Waals surface area contributed by atoms with Crippen LogP contribution in [0.3, 0.4) is 0 Å². The molecule has 1 fully saturated rings. The number of likely N-dealkylation sites (tertiary alicyclic amines) is 1. The van der Waals surface area contributed by atoms with Gasteiger partial charge in [-0.3, -0.25) is 9.59 Å². The van der Waals surface area contributed by atoms with Gasteiger partial charge in [0.15, 0.2) is 0 Å². The summed E-state index contributed by atoms with van der Waals surface area (Å²) in [6, 6.07) is 18.1. The molecule has 4 rings (SSSR count). The van der Waals surface area contributed by atoms with Crippen LogP contribution in [0.4, 0.5) is 5.69 Å². The first-order valence-electron chi connectivity index (χ1n) is 12.1. The lowest BCUT2D eigenvalue weighted by Crippen LogP contribution is -2.38. The number of aromatic nitrogens is 1. The van der Waals surface area contributed by atoms with Gasteiger partial charge in [-0.2, -0.15) is 0 Å². The van der Waals surface area contributed by atoms with E-state index >= 15 is 0 Å². The van der Waals surface area contributed by atoms with Crippen molar-refractivity contribution in [3.8, 4) is 17.2 Å². The van der Waals surface area contributed by atoms with Gasteiger partial charge >= 0.3 is 0 Å². The number of nitrogens with zero attached hydrogens (tertiary/aromatic N) is 2. The highest BCUT2D eigenvalue weighted by Gasteiger charge is 2.16. The summed E-state index contributed by atoms with van der Waals surface area (Å²) >= 11 is 0. The van der Waals surface area contributed by atoms with E-state index in [1.807, 2.05) is 53.4 Å². The lowest BCUT2D eigenvalue weighted by molar-refractivity contribution is -0.121. The molecule has 1 saturated heterocycles. The molecule has 0 bridgehead atoms. The Hall–Kier alpha value is -3.62. The van der Waals surface area contributed by atoms with Crippen LogP contribution in [0.5, 0.6) is 11.5 Å². The third-order valence-electron chi connectivity index (χ3n) is 6.06. The van der Waals surface area contributed by atoms with Crippen LogP contribution in [-0.2, 0) is 9.59 Å². The Bertz CT molecular complexity index is 1080. The van der Waals surface area contributed by atoms with Gasteiger partial charge < -0.3 is 30.6 Å². The van der Waals surface area contributed by atoms with E-state index < -0.39 is 6.04 Å². The largest absolute Gasteiger partial charge is 0.457 e. The van der Waals surface area contributed by atoms with E-state index in [1.165, 1.54) is 12.8 Å². The molecule has 2 heterocycles. The number of ether oxygens (including phenoxy) is 1. The Labute approximate surface area is 206 Å². The first-order valence-corrected chi connectivity index (χ1v) is 12.1. The van der Waals surface area contributed by atoms with Crippen LogP contribution < -0.4 is 21.1 Å². The second-order valence-electron chi connectivity index (χ2n) is 8.74. The van der Waals surface area contributed by atoms with E-state index in [1.54, 1.807) is 24.3 Å². The lowest BCUT2D eigenvalue weighted by Gasteiger charge is -2.15. The Morgan fingerprint density at radius 3 is 2.23 bits per heavy atom. The summed E-state index contributed by atoms with van der Waals surface area (Å²) in [7, 11) is 0. The maximum Gasteiger partial charge on any atom is 0.241 e. The molecule has 0 unspecified atom stereocenters. The minimum atomic E-state index is -0.755. The molecule has 0 spiro atoms. The van der Waals surface area contributed by atoms with Crippen molar-refractivity contribution in [2.75, 3.05) is 31.5 Å². The number of nitrogens with one attached hydrogen (secondary N) is 2. The van der Waals surface area contributed by atoms with E-state index in [2.05, 4.69) is 15.5 Å². The maximum atomic E-state index is 12.4. The molecule has 1 aromatic heterocycles. The molecule has 35 heavy (non-hydrogen) atoms. The van der Waals surface area contributed by atoms with Gasteiger partial charge in [-0.15, -0.1) is 0 Å². The number of hydrogen-bond donors (Lipinski definition) is 3. The summed E-state index contributed by atoms with van der Waals surface area (Å²) in [6.45, 7) is 3.72. The summed E-state index contributed by atoms with van der Waals surface area (Å²) in [6.07, 6.45) is 6.96. The molecule has 3 aromatic rings. The summed E-state index contributed by atoms with van der Waals surface area (Å²) in [4.78, 5) is 26.8. The number of carbonyl (C=O) groups is 2. The molecule has 0 radical (unpaired) electrons. The zero-order valence-electron chi connectivity index (χ0n) is 19.9. The van der Waals surface area contributed by atoms with Gasteiger partial charge in [0.1, 0.15) is 11.5 Å². The van der Waals surface area contributed by atoms with Gasteiger partial charge in [0.05, 0.1) is 6.04 Å². The Morgan fingerprint density at radius 2 is 1.57 bits per heavy atom. The highest BCUT2D eigenvalue weighted by molar-refractivity contribution is 5.95. The fourth-order valence-corrected chi connectivity index (χ4v) is 4.04. The van der Waals surface area contributed by atoms with Crippen LogP contribution >= 0.6 is 0 Å². The van der Waals surface area contributed by atoms with Gasteiger partial charge in [-0.25, -0.2) is 0 Å². The number of amides is 2. The van der Waals surface area contributed by atoms with Crippen molar-refractivity contribution >= 4 is 17.5 Å². The van der Waals surface area contributed by atoms with Gasteiger partial charge in [0.25, 0.3) is 0 Å². The second kappa shape index (κ2) is 12.2. The SMILES string of the molecule is N[C@@H](CCC(=O)NCCN1CCCC1)C(=O)Nc1ccc(Oc2ccc(-n3cccc3)cc2)cc1. The summed E-state index contributed by atoms with van der Waals surface area (Å²) < 4.78 is 7.92. The van der Waals surface area contributed by atoms with Crippen LogP contribution in [0, 0.1) is 0 Å². The fraction of sp³-hybridized carbons (Fsp3) is 0.333. The van der Waals surface area contributed by atoms with E-state index in [-0.39, 0.29) is 18.2 Å². The first-order chi connectivity index (χ1) is 17.1. The minimum absolute atomic E-state index is 0.0738. The molecule has 1 atom stereocenters. The minimum Gasteiger partial charge on any atom is -0.457 e. The Kier molecular flexibility index (Phi) is 8.53. The van der Waals surface area contributed by atoms with Gasteiger partial charge in [-0.05, 0) is 93.0 Å². The van der Waals surface area contributed by atoms with Crippen molar-refractivity contribution in [2.45, 2.75) is 31.7 Å². The molecule has 0 saturated carbocycles. The Balaban J connectivity index is 1.17. The molecule has 2 aromatic carbocycles. The van der Waals surface area contributed by atoms with Crippen molar-refractivity contribution in [1.82, 2.24) is 14.8 Å². The highest BCUT2D eigenvalue weighted by atomic mass is 16.5. The number of benzene rings is 2. The predicted octanol–water partition coefficient (Wildman–Crippen LogP) is 3.53. The third-order valence-corrected chi connectivity index (χ3v) is 6.06. The third kappa shape index (κ3) is 7.43. The van der Waals surface area contributed by atoms with E-state index in [0.29, 0.717) is 24.4 Å². The first kappa shape index (κ1) is 24.5. The van der Waals surface area contributed by atoms with Gasteiger partial charge in [0, 0.05) is 43.3 Å². The predicted molar refractivity (Wildman–Crippen MR) is 137 cm³/mol. The van der Waals surface area contributed by atoms with Crippen molar-refractivity contribution in [3.05, 3.63) is 73.1 Å². The van der Waals surface area contributed by atoms with Crippen molar-refractivity contribution in [1.29, 1.82) is 0 Å². The van der Waals surface area contributed by atoms with Crippen LogP contribution in [0.1, 0.15) is 25.7 Å². The maximum absolute atomic E-state index is 12.4. The average molecular weight is 476 g/mol. The van der Waals surface area contributed by atoms with E-state index in [4.69, 9.17) is 10.5 Å². The van der Waals surface area contributed by atoms with Crippen LogP contribution in [0.15, 0.2) is 73.1 Å². The number of carbonyl (C=O) groups excluding carboxylic acids is 2. The zero-order valence-corrected chi connectivity index (χ0v) is 19.9. The molecular formula is C27H33N5O3. The molecule has 0 aliphatic carbocycles. The van der Waals surface area contributed by atoms with Crippen LogP contribution in [0.2, 0.25) is 0 Å².